The van der Waals surface area contributed by atoms with Crippen molar-refractivity contribution in [1.29, 1.82) is 0 Å². The molecule has 4 nitrogen and oxygen atoms in total. The smallest absolute Gasteiger partial charge is 0.267 e. The standard InChI is InChI=1S/C21H17N3O/c25-21(17-11-5-2-6-12-17)24-20(16-9-3-1-4-10-16)15-19(23-24)18-13-7-8-14-22-18/h1-14,20H,15H2/t20-/m0/s1. The first-order valence-corrected chi connectivity index (χ1v) is 8.25. The van der Waals surface area contributed by atoms with Gasteiger partial charge in [-0.3, -0.25) is 9.78 Å². The van der Waals surface area contributed by atoms with Crippen LogP contribution in [0.4, 0.5) is 0 Å². The van der Waals surface area contributed by atoms with E-state index in [2.05, 4.69) is 10.1 Å². The van der Waals surface area contributed by atoms with Crippen LogP contribution in [0.2, 0.25) is 0 Å². The van der Waals surface area contributed by atoms with Gasteiger partial charge in [-0.15, -0.1) is 0 Å². The first-order valence-electron chi connectivity index (χ1n) is 8.25. The van der Waals surface area contributed by atoms with Crippen molar-refractivity contribution >= 4 is 11.6 Å². The number of carbonyl (C=O) groups is 1. The Morgan fingerprint density at radius 1 is 0.880 bits per heavy atom. The fraction of sp³-hybridized carbons (Fsp3) is 0.0952. The topological polar surface area (TPSA) is 45.6 Å². The number of hydrogen-bond acceptors (Lipinski definition) is 3. The molecule has 0 saturated heterocycles. The van der Waals surface area contributed by atoms with Gasteiger partial charge in [-0.25, -0.2) is 5.01 Å². The minimum atomic E-state index is -0.120. The summed E-state index contributed by atoms with van der Waals surface area (Å²) < 4.78 is 0. The summed E-state index contributed by atoms with van der Waals surface area (Å²) in [6.45, 7) is 0. The molecule has 4 rings (SSSR count). The van der Waals surface area contributed by atoms with Crippen molar-refractivity contribution in [3.8, 4) is 0 Å². The Labute approximate surface area is 146 Å². The predicted molar refractivity (Wildman–Crippen MR) is 97.2 cm³/mol. The molecule has 0 bridgehead atoms. The van der Waals surface area contributed by atoms with Gasteiger partial charge in [0.1, 0.15) is 0 Å². The summed E-state index contributed by atoms with van der Waals surface area (Å²) >= 11 is 0. The molecular weight excluding hydrogens is 310 g/mol. The molecule has 122 valence electrons. The molecule has 1 aliphatic heterocycles. The Balaban J connectivity index is 1.73. The van der Waals surface area contributed by atoms with Crippen LogP contribution >= 0.6 is 0 Å². The molecule has 2 aromatic carbocycles. The van der Waals surface area contributed by atoms with E-state index in [1.807, 2.05) is 78.9 Å². The Kier molecular flexibility index (Phi) is 4.09. The van der Waals surface area contributed by atoms with Gasteiger partial charge in [0.25, 0.3) is 5.91 Å². The second-order valence-electron chi connectivity index (χ2n) is 5.91. The molecular formula is C21H17N3O. The van der Waals surface area contributed by atoms with Crippen molar-refractivity contribution in [2.75, 3.05) is 0 Å². The Morgan fingerprint density at radius 2 is 1.56 bits per heavy atom. The molecule has 1 atom stereocenters. The second kappa shape index (κ2) is 6.69. The number of hydrazone groups is 1. The predicted octanol–water partition coefficient (Wildman–Crippen LogP) is 4.07. The van der Waals surface area contributed by atoms with E-state index < -0.39 is 0 Å². The number of carbonyl (C=O) groups excluding carboxylic acids is 1. The first kappa shape index (κ1) is 15.3. The van der Waals surface area contributed by atoms with Crippen molar-refractivity contribution in [2.45, 2.75) is 12.5 Å². The third kappa shape index (κ3) is 3.06. The van der Waals surface area contributed by atoms with E-state index in [4.69, 9.17) is 0 Å². The average molecular weight is 327 g/mol. The minimum Gasteiger partial charge on any atom is -0.267 e. The Hall–Kier alpha value is -3.27. The molecule has 0 aliphatic carbocycles. The highest BCUT2D eigenvalue weighted by Gasteiger charge is 2.33. The largest absolute Gasteiger partial charge is 0.274 e. The maximum atomic E-state index is 13.0. The summed E-state index contributed by atoms with van der Waals surface area (Å²) in [7, 11) is 0. The SMILES string of the molecule is O=C(c1ccccc1)N1N=C(c2ccccn2)C[C@H]1c1ccccc1. The van der Waals surface area contributed by atoms with E-state index in [1.54, 1.807) is 11.2 Å². The lowest BCUT2D eigenvalue weighted by molar-refractivity contribution is 0.0711. The monoisotopic (exact) mass is 327 g/mol. The van der Waals surface area contributed by atoms with Crippen LogP contribution in [-0.4, -0.2) is 21.6 Å². The summed E-state index contributed by atoms with van der Waals surface area (Å²) in [4.78, 5) is 17.4. The number of aromatic nitrogens is 1. The van der Waals surface area contributed by atoms with E-state index in [0.29, 0.717) is 12.0 Å². The lowest BCUT2D eigenvalue weighted by Crippen LogP contribution is -2.27. The zero-order valence-electron chi connectivity index (χ0n) is 13.6. The second-order valence-corrected chi connectivity index (χ2v) is 5.91. The number of nitrogens with zero attached hydrogens (tertiary/aromatic N) is 3. The summed E-state index contributed by atoms with van der Waals surface area (Å²) in [6, 6.07) is 24.9. The van der Waals surface area contributed by atoms with E-state index in [0.717, 1.165) is 17.0 Å². The average Bonchev–Trinajstić information content (AvgIpc) is 3.15. The van der Waals surface area contributed by atoms with Crippen LogP contribution in [0.3, 0.4) is 0 Å². The van der Waals surface area contributed by atoms with Gasteiger partial charge in [0.15, 0.2) is 0 Å². The molecule has 0 unspecified atom stereocenters. The quantitative estimate of drug-likeness (QED) is 0.728. The van der Waals surface area contributed by atoms with Crippen molar-refractivity contribution in [2.24, 2.45) is 5.10 Å². The van der Waals surface area contributed by atoms with Crippen molar-refractivity contribution in [1.82, 2.24) is 9.99 Å². The molecule has 1 amide bonds. The Morgan fingerprint density at radius 3 is 2.24 bits per heavy atom. The number of benzene rings is 2. The zero-order chi connectivity index (χ0) is 17.1. The van der Waals surface area contributed by atoms with Crippen molar-refractivity contribution in [3.63, 3.8) is 0 Å². The molecule has 3 aromatic rings. The fourth-order valence-corrected chi connectivity index (χ4v) is 3.03. The molecule has 0 saturated carbocycles. The van der Waals surface area contributed by atoms with Crippen LogP contribution in [0.5, 0.6) is 0 Å². The third-order valence-electron chi connectivity index (χ3n) is 4.28. The summed E-state index contributed by atoms with van der Waals surface area (Å²) in [5.74, 6) is -0.0969. The highest BCUT2D eigenvalue weighted by molar-refractivity contribution is 6.03. The molecule has 0 spiro atoms. The summed E-state index contributed by atoms with van der Waals surface area (Å²) in [5.41, 5.74) is 3.35. The van der Waals surface area contributed by atoms with Gasteiger partial charge in [0.05, 0.1) is 17.4 Å². The number of amides is 1. The van der Waals surface area contributed by atoms with E-state index in [9.17, 15) is 4.79 Å². The van der Waals surface area contributed by atoms with Gasteiger partial charge in [0, 0.05) is 18.2 Å². The fourth-order valence-electron chi connectivity index (χ4n) is 3.03. The van der Waals surface area contributed by atoms with Gasteiger partial charge >= 0.3 is 0 Å². The molecule has 0 radical (unpaired) electrons. The lowest BCUT2D eigenvalue weighted by Gasteiger charge is -2.22. The summed E-state index contributed by atoms with van der Waals surface area (Å²) in [6.07, 6.45) is 2.40. The van der Waals surface area contributed by atoms with Gasteiger partial charge in [-0.2, -0.15) is 5.10 Å². The van der Waals surface area contributed by atoms with E-state index >= 15 is 0 Å². The van der Waals surface area contributed by atoms with Crippen molar-refractivity contribution in [3.05, 3.63) is 102 Å². The lowest BCUT2D eigenvalue weighted by atomic mass is 10.00. The molecule has 25 heavy (non-hydrogen) atoms. The number of rotatable bonds is 3. The van der Waals surface area contributed by atoms with Crippen LogP contribution in [0, 0.1) is 0 Å². The van der Waals surface area contributed by atoms with Crippen LogP contribution in [-0.2, 0) is 0 Å². The molecule has 1 aliphatic rings. The normalized spacial score (nSPS) is 16.6. The molecule has 1 aromatic heterocycles. The van der Waals surface area contributed by atoms with Crippen LogP contribution in [0.25, 0.3) is 0 Å². The van der Waals surface area contributed by atoms with Crippen LogP contribution in [0.15, 0.2) is 90.2 Å². The molecule has 2 heterocycles. The van der Waals surface area contributed by atoms with Gasteiger partial charge in [-0.1, -0.05) is 54.6 Å². The molecule has 0 fully saturated rings. The first-order chi connectivity index (χ1) is 12.3. The van der Waals surface area contributed by atoms with Crippen molar-refractivity contribution < 1.29 is 4.79 Å². The molecule has 0 N–H and O–H groups in total. The number of hydrogen-bond donors (Lipinski definition) is 0. The maximum Gasteiger partial charge on any atom is 0.274 e. The van der Waals surface area contributed by atoms with Crippen LogP contribution < -0.4 is 0 Å². The van der Waals surface area contributed by atoms with E-state index in [-0.39, 0.29) is 11.9 Å². The minimum absolute atomic E-state index is 0.0969. The van der Waals surface area contributed by atoms with Gasteiger partial charge in [0.2, 0.25) is 0 Å². The highest BCUT2D eigenvalue weighted by atomic mass is 16.2. The van der Waals surface area contributed by atoms with E-state index in [1.165, 1.54) is 0 Å². The zero-order valence-corrected chi connectivity index (χ0v) is 13.6. The maximum absolute atomic E-state index is 13.0. The third-order valence-corrected chi connectivity index (χ3v) is 4.28. The Bertz CT molecular complexity index is 892. The number of pyridine rings is 1. The van der Waals surface area contributed by atoms with Gasteiger partial charge in [-0.05, 0) is 29.8 Å². The highest BCUT2D eigenvalue weighted by Crippen LogP contribution is 2.33. The van der Waals surface area contributed by atoms with Crippen LogP contribution in [0.1, 0.15) is 34.1 Å². The van der Waals surface area contributed by atoms with Gasteiger partial charge < -0.3 is 0 Å². The molecule has 4 heteroatoms. The summed E-state index contributed by atoms with van der Waals surface area (Å²) in [5, 5.41) is 6.22.